The van der Waals surface area contributed by atoms with Crippen LogP contribution in [0.4, 0.5) is 5.69 Å². The smallest absolute Gasteiger partial charge is 0.224 e. The molecule has 2 aromatic rings. The Morgan fingerprint density at radius 1 is 1.27 bits per heavy atom. The molecule has 0 aliphatic rings. The Hall–Kier alpha value is -1.65. The first-order valence-electron chi connectivity index (χ1n) is 7.52. The molecule has 2 rings (SSSR count). The molecule has 0 bridgehead atoms. The number of hydrogen-bond acceptors (Lipinski definition) is 3. The summed E-state index contributed by atoms with van der Waals surface area (Å²) in [5.41, 5.74) is 3.27. The summed E-state index contributed by atoms with van der Waals surface area (Å²) in [4.78, 5) is 14.7. The number of carbonyl (C=O) groups excluding carboxylic acids is 1. The van der Waals surface area contributed by atoms with Crippen molar-refractivity contribution in [3.63, 3.8) is 0 Å². The highest BCUT2D eigenvalue weighted by molar-refractivity contribution is 7.12. The first-order valence-corrected chi connectivity index (χ1v) is 8.34. The third-order valence-electron chi connectivity index (χ3n) is 3.52. The molecule has 1 aromatic carbocycles. The molecule has 0 fully saturated rings. The lowest BCUT2D eigenvalue weighted by molar-refractivity contribution is -0.116. The van der Waals surface area contributed by atoms with Crippen LogP contribution in [0.25, 0.3) is 0 Å². The predicted octanol–water partition coefficient (Wildman–Crippen LogP) is 4.47. The van der Waals surface area contributed by atoms with E-state index in [4.69, 9.17) is 4.74 Å². The summed E-state index contributed by atoms with van der Waals surface area (Å²) in [7, 11) is 1.67. The van der Waals surface area contributed by atoms with Gasteiger partial charge in [-0.15, -0.1) is 11.3 Å². The molecule has 1 heterocycles. The summed E-state index contributed by atoms with van der Waals surface area (Å²) in [6, 6.07) is 10.0. The maximum Gasteiger partial charge on any atom is 0.224 e. The Balaban J connectivity index is 1.80. The minimum Gasteiger partial charge on any atom is -0.380 e. The van der Waals surface area contributed by atoms with Crippen LogP contribution >= 0.6 is 11.3 Å². The fourth-order valence-electron chi connectivity index (χ4n) is 2.50. The largest absolute Gasteiger partial charge is 0.380 e. The number of rotatable bonds is 7. The highest BCUT2D eigenvalue weighted by Gasteiger charge is 2.06. The molecular formula is C18H23NO2S. The molecule has 0 atom stereocenters. The summed E-state index contributed by atoms with van der Waals surface area (Å²) in [5, 5.41) is 2.95. The molecular weight excluding hydrogens is 294 g/mol. The van der Waals surface area contributed by atoms with Gasteiger partial charge in [-0.05, 0) is 56.0 Å². The quantitative estimate of drug-likeness (QED) is 0.818. The Morgan fingerprint density at radius 3 is 2.77 bits per heavy atom. The molecule has 1 aromatic heterocycles. The van der Waals surface area contributed by atoms with Crippen molar-refractivity contribution in [2.24, 2.45) is 0 Å². The van der Waals surface area contributed by atoms with Gasteiger partial charge in [0, 0.05) is 29.0 Å². The zero-order chi connectivity index (χ0) is 15.9. The fraction of sp³-hybridized carbons (Fsp3) is 0.389. The van der Waals surface area contributed by atoms with Gasteiger partial charge in [-0.2, -0.15) is 0 Å². The van der Waals surface area contributed by atoms with Gasteiger partial charge in [0.2, 0.25) is 5.91 Å². The number of nitrogens with one attached hydrogen (secondary N) is 1. The Bertz CT molecular complexity index is 634. The average molecular weight is 317 g/mol. The highest BCUT2D eigenvalue weighted by Crippen LogP contribution is 2.22. The Kier molecular flexibility index (Phi) is 6.16. The second-order valence-corrected chi connectivity index (χ2v) is 6.93. The van der Waals surface area contributed by atoms with Crippen LogP contribution < -0.4 is 5.32 Å². The normalized spacial score (nSPS) is 10.7. The molecule has 1 amide bonds. The summed E-state index contributed by atoms with van der Waals surface area (Å²) >= 11 is 1.82. The van der Waals surface area contributed by atoms with Crippen LogP contribution in [0.3, 0.4) is 0 Å². The van der Waals surface area contributed by atoms with E-state index in [9.17, 15) is 4.79 Å². The monoisotopic (exact) mass is 317 g/mol. The summed E-state index contributed by atoms with van der Waals surface area (Å²) in [6.45, 7) is 4.83. The Morgan fingerprint density at radius 2 is 2.09 bits per heavy atom. The molecule has 22 heavy (non-hydrogen) atoms. The summed E-state index contributed by atoms with van der Waals surface area (Å²) in [5.74, 6) is 0.0687. The summed E-state index contributed by atoms with van der Waals surface area (Å²) in [6.07, 6.45) is 2.39. The number of amides is 1. The van der Waals surface area contributed by atoms with Gasteiger partial charge in [-0.1, -0.05) is 12.1 Å². The zero-order valence-corrected chi connectivity index (χ0v) is 14.3. The third-order valence-corrected chi connectivity index (χ3v) is 4.52. The lowest BCUT2D eigenvalue weighted by Crippen LogP contribution is -2.11. The molecule has 0 aliphatic heterocycles. The number of carbonyl (C=O) groups is 1. The standard InChI is InChI=1S/C18H23NO2S/c1-13-10-16(14(2)22-13)7-5-9-18(20)19-17-8-4-6-15(11-17)12-21-3/h4,6,8,10-11H,5,7,9,12H2,1-3H3,(H,19,20). The molecule has 0 radical (unpaired) electrons. The van der Waals surface area contributed by atoms with Crippen molar-refractivity contribution >= 4 is 22.9 Å². The van der Waals surface area contributed by atoms with E-state index in [2.05, 4.69) is 25.2 Å². The van der Waals surface area contributed by atoms with E-state index in [-0.39, 0.29) is 5.91 Å². The van der Waals surface area contributed by atoms with Gasteiger partial charge in [-0.25, -0.2) is 0 Å². The molecule has 0 saturated carbocycles. The van der Waals surface area contributed by atoms with E-state index in [1.165, 1.54) is 15.3 Å². The van der Waals surface area contributed by atoms with E-state index in [1.54, 1.807) is 7.11 Å². The lowest BCUT2D eigenvalue weighted by Gasteiger charge is -2.07. The SMILES string of the molecule is COCc1cccc(NC(=O)CCCc2cc(C)sc2C)c1. The van der Waals surface area contributed by atoms with E-state index < -0.39 is 0 Å². The van der Waals surface area contributed by atoms with Gasteiger partial charge in [0.05, 0.1) is 6.61 Å². The number of anilines is 1. The Labute approximate surface area is 136 Å². The van der Waals surface area contributed by atoms with Gasteiger partial charge < -0.3 is 10.1 Å². The molecule has 0 saturated heterocycles. The van der Waals surface area contributed by atoms with Crippen molar-refractivity contribution in [3.8, 4) is 0 Å². The number of aryl methyl sites for hydroxylation is 3. The maximum atomic E-state index is 12.0. The number of methoxy groups -OCH3 is 1. The topological polar surface area (TPSA) is 38.3 Å². The first kappa shape index (κ1) is 16.7. The van der Waals surface area contributed by atoms with E-state index in [0.29, 0.717) is 13.0 Å². The van der Waals surface area contributed by atoms with Crippen molar-refractivity contribution in [1.29, 1.82) is 0 Å². The second-order valence-electron chi connectivity index (χ2n) is 5.47. The summed E-state index contributed by atoms with van der Waals surface area (Å²) < 4.78 is 5.10. The van der Waals surface area contributed by atoms with Crippen LogP contribution in [-0.4, -0.2) is 13.0 Å². The zero-order valence-electron chi connectivity index (χ0n) is 13.4. The lowest BCUT2D eigenvalue weighted by atomic mass is 10.1. The van der Waals surface area contributed by atoms with Crippen LogP contribution in [0.15, 0.2) is 30.3 Å². The molecule has 3 nitrogen and oxygen atoms in total. The van der Waals surface area contributed by atoms with E-state index in [0.717, 1.165) is 24.1 Å². The molecule has 1 N–H and O–H groups in total. The van der Waals surface area contributed by atoms with Crippen molar-refractivity contribution in [1.82, 2.24) is 0 Å². The van der Waals surface area contributed by atoms with Crippen molar-refractivity contribution in [3.05, 3.63) is 51.2 Å². The number of hydrogen-bond donors (Lipinski definition) is 1. The van der Waals surface area contributed by atoms with Gasteiger partial charge in [-0.3, -0.25) is 4.79 Å². The molecule has 0 unspecified atom stereocenters. The van der Waals surface area contributed by atoms with E-state index >= 15 is 0 Å². The van der Waals surface area contributed by atoms with E-state index in [1.807, 2.05) is 35.6 Å². The van der Waals surface area contributed by atoms with Crippen LogP contribution in [0.2, 0.25) is 0 Å². The molecule has 0 spiro atoms. The van der Waals surface area contributed by atoms with Gasteiger partial charge in [0.25, 0.3) is 0 Å². The second kappa shape index (κ2) is 8.11. The van der Waals surface area contributed by atoms with Crippen molar-refractivity contribution in [2.45, 2.75) is 39.7 Å². The number of ether oxygens (including phenoxy) is 1. The van der Waals surface area contributed by atoms with Crippen molar-refractivity contribution < 1.29 is 9.53 Å². The van der Waals surface area contributed by atoms with Gasteiger partial charge >= 0.3 is 0 Å². The van der Waals surface area contributed by atoms with Gasteiger partial charge in [0.1, 0.15) is 0 Å². The van der Waals surface area contributed by atoms with Crippen LogP contribution in [0.1, 0.15) is 33.7 Å². The maximum absolute atomic E-state index is 12.0. The first-order chi connectivity index (χ1) is 10.6. The minimum absolute atomic E-state index is 0.0687. The van der Waals surface area contributed by atoms with Crippen LogP contribution in [0.5, 0.6) is 0 Å². The fourth-order valence-corrected chi connectivity index (χ4v) is 3.48. The third kappa shape index (κ3) is 4.97. The molecule has 4 heteroatoms. The van der Waals surface area contributed by atoms with Crippen LogP contribution in [0, 0.1) is 13.8 Å². The average Bonchev–Trinajstić information content (AvgIpc) is 2.78. The van der Waals surface area contributed by atoms with Crippen molar-refractivity contribution in [2.75, 3.05) is 12.4 Å². The van der Waals surface area contributed by atoms with Gasteiger partial charge in [0.15, 0.2) is 0 Å². The molecule has 118 valence electrons. The number of benzene rings is 1. The highest BCUT2D eigenvalue weighted by atomic mass is 32.1. The van der Waals surface area contributed by atoms with Crippen LogP contribution in [-0.2, 0) is 22.6 Å². The minimum atomic E-state index is 0.0687. The molecule has 0 aliphatic carbocycles. The number of thiophene rings is 1. The predicted molar refractivity (Wildman–Crippen MR) is 92.5 cm³/mol.